The Morgan fingerprint density at radius 2 is 1.66 bits per heavy atom. The first-order chi connectivity index (χ1) is 25.4. The van der Waals surface area contributed by atoms with E-state index in [1.165, 1.54) is 33.3 Å². The van der Waals surface area contributed by atoms with Crippen LogP contribution in [0.2, 0.25) is 0 Å². The van der Waals surface area contributed by atoms with Crippen molar-refractivity contribution in [2.45, 2.75) is 78.0 Å². The summed E-state index contributed by atoms with van der Waals surface area (Å²) < 4.78 is 15.2. The van der Waals surface area contributed by atoms with Gasteiger partial charge in [0.1, 0.15) is 11.3 Å². The monoisotopic (exact) mass is 743 g/mol. The number of aromatic hydroxyl groups is 1. The van der Waals surface area contributed by atoms with Crippen LogP contribution in [-0.2, 0) is 24.8 Å². The molecule has 0 saturated heterocycles. The van der Waals surface area contributed by atoms with Crippen LogP contribution in [0, 0.1) is 16.7 Å². The average molecular weight is 744 g/mol. The average Bonchev–Trinajstić information content (AvgIpc) is 3.99. The standard InChI is InChI=1S/C23H25NO4S.C19H28N2O3/c1-26-14-21(23(25)28-3)20-7-5-4-6-17(20)15-29-22(16-8-9-16)24-18-10-12-19(27-2)13-11-18;1-5-19(4)10-13(9-18(2,3)11-19)21-17(24)14-7-6-8-15(16(14)23)20-12-22/h4-7,10-14,16H,8-9,15H2,1-3H3;6-8,12-13,23H,5,9-11H2,1-4H3,(H,20,22)(H,21,24)/b21-14+,24-22?;. The fourth-order valence-electron chi connectivity index (χ4n) is 7.04. The smallest absolute Gasteiger partial charge is 0.341 e. The molecule has 10 nitrogen and oxygen atoms in total. The van der Waals surface area contributed by atoms with Gasteiger partial charge in [-0.2, -0.15) is 0 Å². The lowest BCUT2D eigenvalue weighted by atomic mass is 9.61. The van der Waals surface area contributed by atoms with Gasteiger partial charge in [0, 0.05) is 17.7 Å². The molecule has 0 aromatic heterocycles. The van der Waals surface area contributed by atoms with E-state index in [9.17, 15) is 19.5 Å². The molecule has 0 aliphatic heterocycles. The van der Waals surface area contributed by atoms with Crippen LogP contribution in [0.25, 0.3) is 5.57 Å². The highest BCUT2D eigenvalue weighted by molar-refractivity contribution is 8.13. The molecule has 0 heterocycles. The van der Waals surface area contributed by atoms with E-state index < -0.39 is 5.97 Å². The highest BCUT2D eigenvalue weighted by atomic mass is 32.2. The summed E-state index contributed by atoms with van der Waals surface area (Å²) in [6.07, 6.45) is 8.32. The zero-order valence-corrected chi connectivity index (χ0v) is 32.7. The minimum atomic E-state index is -0.418. The maximum Gasteiger partial charge on any atom is 0.341 e. The molecule has 284 valence electrons. The van der Waals surface area contributed by atoms with Crippen molar-refractivity contribution in [3.05, 3.63) is 89.7 Å². The van der Waals surface area contributed by atoms with Gasteiger partial charge in [-0.3, -0.25) is 9.59 Å². The molecule has 0 spiro atoms. The molecule has 11 heteroatoms. The molecule has 0 radical (unpaired) electrons. The van der Waals surface area contributed by atoms with Crippen LogP contribution in [0.15, 0.2) is 78.0 Å². The van der Waals surface area contributed by atoms with Crippen LogP contribution >= 0.6 is 11.8 Å². The predicted octanol–water partition coefficient (Wildman–Crippen LogP) is 8.91. The van der Waals surface area contributed by atoms with Crippen molar-refractivity contribution in [1.29, 1.82) is 0 Å². The lowest BCUT2D eigenvalue weighted by Gasteiger charge is -2.46. The number of ether oxygens (including phenoxy) is 3. The number of nitrogens with zero attached hydrogens (tertiary/aromatic N) is 1. The normalized spacial score (nSPS) is 19.6. The Balaban J connectivity index is 0.000000241. The number of thioether (sulfide) groups is 1. The first-order valence-corrected chi connectivity index (χ1v) is 18.9. The van der Waals surface area contributed by atoms with Gasteiger partial charge >= 0.3 is 5.97 Å². The highest BCUT2D eigenvalue weighted by Gasteiger charge is 2.40. The number of para-hydroxylation sites is 1. The molecule has 2 aliphatic carbocycles. The third kappa shape index (κ3) is 11.6. The van der Waals surface area contributed by atoms with E-state index in [0.29, 0.717) is 23.7 Å². The van der Waals surface area contributed by atoms with Gasteiger partial charge in [0.25, 0.3) is 5.91 Å². The number of amides is 2. The first kappa shape index (κ1) is 41.0. The van der Waals surface area contributed by atoms with Gasteiger partial charge in [-0.15, -0.1) is 11.8 Å². The quantitative estimate of drug-likeness (QED) is 0.0301. The third-order valence-electron chi connectivity index (χ3n) is 9.69. The van der Waals surface area contributed by atoms with Crippen LogP contribution in [0.4, 0.5) is 11.4 Å². The van der Waals surface area contributed by atoms with Gasteiger partial charge in [-0.05, 0) is 90.5 Å². The summed E-state index contributed by atoms with van der Waals surface area (Å²) in [6.45, 7) is 8.95. The van der Waals surface area contributed by atoms with Gasteiger partial charge in [0.05, 0.1) is 49.6 Å². The largest absolute Gasteiger partial charge is 0.505 e. The van der Waals surface area contributed by atoms with E-state index in [2.05, 4.69) is 38.3 Å². The van der Waals surface area contributed by atoms with Crippen LogP contribution in [-0.4, -0.2) is 55.8 Å². The van der Waals surface area contributed by atoms with Crippen molar-refractivity contribution in [3.63, 3.8) is 0 Å². The second-order valence-corrected chi connectivity index (χ2v) is 15.7. The Hall–Kier alpha value is -4.77. The summed E-state index contributed by atoms with van der Waals surface area (Å²) in [5.74, 6) is 1.12. The number of carbonyl (C=O) groups is 3. The third-order valence-corrected chi connectivity index (χ3v) is 10.9. The van der Waals surface area contributed by atoms with Crippen molar-refractivity contribution < 1.29 is 33.7 Å². The van der Waals surface area contributed by atoms with E-state index in [4.69, 9.17) is 19.2 Å². The first-order valence-electron chi connectivity index (χ1n) is 17.9. The topological polar surface area (TPSA) is 136 Å². The molecule has 3 aromatic rings. The van der Waals surface area contributed by atoms with Gasteiger partial charge in [0.15, 0.2) is 5.75 Å². The van der Waals surface area contributed by atoms with Gasteiger partial charge in [-0.1, -0.05) is 64.4 Å². The number of phenols is 1. The molecular formula is C42H53N3O7S. The number of hydrogen-bond donors (Lipinski definition) is 3. The molecule has 2 atom stereocenters. The lowest BCUT2D eigenvalue weighted by Crippen LogP contribution is -2.46. The lowest BCUT2D eigenvalue weighted by molar-refractivity contribution is -0.133. The number of anilines is 1. The molecule has 0 bridgehead atoms. The summed E-state index contributed by atoms with van der Waals surface area (Å²) >= 11 is 1.72. The second-order valence-electron chi connectivity index (χ2n) is 14.7. The van der Waals surface area contributed by atoms with Crippen LogP contribution < -0.4 is 15.4 Å². The summed E-state index contributed by atoms with van der Waals surface area (Å²) in [7, 11) is 4.55. The van der Waals surface area contributed by atoms with Crippen LogP contribution in [0.5, 0.6) is 11.5 Å². The van der Waals surface area contributed by atoms with Crippen molar-refractivity contribution >= 4 is 52.0 Å². The summed E-state index contributed by atoms with van der Waals surface area (Å²) in [4.78, 5) is 40.3. The maximum atomic E-state index is 12.6. The minimum Gasteiger partial charge on any atom is -0.505 e. The van der Waals surface area contributed by atoms with Gasteiger partial charge in [0.2, 0.25) is 6.41 Å². The van der Waals surface area contributed by atoms with Crippen molar-refractivity contribution in [2.75, 3.05) is 26.6 Å². The molecule has 53 heavy (non-hydrogen) atoms. The Bertz CT molecular complexity index is 1790. The Morgan fingerprint density at radius 3 is 2.28 bits per heavy atom. The van der Waals surface area contributed by atoms with Gasteiger partial charge < -0.3 is 30.0 Å². The number of carbonyl (C=O) groups excluding carboxylic acids is 3. The Morgan fingerprint density at radius 1 is 0.962 bits per heavy atom. The number of rotatable bonds is 13. The number of nitrogens with one attached hydrogen (secondary N) is 2. The number of benzene rings is 3. The number of hydrogen-bond acceptors (Lipinski definition) is 9. The Labute approximate surface area is 317 Å². The maximum absolute atomic E-state index is 12.6. The molecular weight excluding hydrogens is 691 g/mol. The zero-order valence-electron chi connectivity index (χ0n) is 31.9. The van der Waals surface area contributed by atoms with E-state index in [1.807, 2.05) is 48.5 Å². The van der Waals surface area contributed by atoms with Crippen LogP contribution in [0.1, 0.15) is 87.7 Å². The molecule has 2 aliphatic rings. The van der Waals surface area contributed by atoms with Crippen molar-refractivity contribution in [1.82, 2.24) is 5.32 Å². The SMILES string of the molecule is CCC1(C)CC(NC(=O)c2cccc(NC=O)c2O)CC(C)(C)C1.CO/C=C(/C(=O)OC)c1ccccc1CSC(=Nc1ccc(OC)cc1)C1CC1. The molecule has 5 rings (SSSR count). The Kier molecular flexibility index (Phi) is 14.6. The van der Waals surface area contributed by atoms with E-state index >= 15 is 0 Å². The van der Waals surface area contributed by atoms with E-state index in [0.717, 1.165) is 53.3 Å². The number of aliphatic imine (C=N–C) groups is 1. The molecule has 2 unspecified atom stereocenters. The molecule has 2 saturated carbocycles. The summed E-state index contributed by atoms with van der Waals surface area (Å²) in [5, 5.41) is 16.8. The predicted molar refractivity (Wildman–Crippen MR) is 213 cm³/mol. The minimum absolute atomic E-state index is 0.0771. The molecule has 3 aromatic carbocycles. The molecule has 2 amide bonds. The van der Waals surface area contributed by atoms with Crippen molar-refractivity contribution in [3.8, 4) is 11.5 Å². The molecule has 3 N–H and O–H groups in total. The summed E-state index contributed by atoms with van der Waals surface area (Å²) in [6, 6.07) is 20.4. The fraction of sp³-hybridized carbons (Fsp3) is 0.429. The fourth-order valence-corrected chi connectivity index (χ4v) is 8.24. The molecule has 2 fully saturated rings. The second kappa shape index (κ2) is 18.8. The summed E-state index contributed by atoms with van der Waals surface area (Å²) in [5.41, 5.74) is 3.98. The number of phenolic OH excluding ortho intramolecular Hbond substituents is 1. The van der Waals surface area contributed by atoms with Crippen LogP contribution in [0.3, 0.4) is 0 Å². The van der Waals surface area contributed by atoms with E-state index in [-0.39, 0.29) is 39.8 Å². The number of esters is 1. The van der Waals surface area contributed by atoms with E-state index in [1.54, 1.807) is 37.1 Å². The zero-order chi connectivity index (χ0) is 38.6. The van der Waals surface area contributed by atoms with Crippen molar-refractivity contribution in [2.24, 2.45) is 21.7 Å². The highest BCUT2D eigenvalue weighted by Crippen LogP contribution is 2.48. The number of methoxy groups -OCH3 is 3. The van der Waals surface area contributed by atoms with Gasteiger partial charge in [-0.25, -0.2) is 9.79 Å².